The molecule has 0 aliphatic carbocycles. The van der Waals surface area contributed by atoms with Crippen LogP contribution < -0.4 is 0 Å². The third kappa shape index (κ3) is 5.14. The number of benzene rings is 2. The van der Waals surface area contributed by atoms with Crippen LogP contribution in [0.5, 0.6) is 11.5 Å². The van der Waals surface area contributed by atoms with E-state index in [1.165, 1.54) is 17.4 Å². The third-order valence-electron chi connectivity index (χ3n) is 4.37. The number of hydrogen-bond acceptors (Lipinski definition) is 7. The van der Waals surface area contributed by atoms with E-state index in [4.69, 9.17) is 4.42 Å². The normalized spacial score (nSPS) is 16.7. The van der Waals surface area contributed by atoms with E-state index in [-0.39, 0.29) is 24.0 Å². The van der Waals surface area contributed by atoms with E-state index >= 15 is 0 Å². The molecule has 0 atom stereocenters. The maximum atomic E-state index is 13.1. The fourth-order valence-electron chi connectivity index (χ4n) is 2.82. The van der Waals surface area contributed by atoms with E-state index in [2.05, 4.69) is 42.1 Å². The van der Waals surface area contributed by atoms with E-state index in [1.807, 2.05) is 0 Å². The average molecular weight is 577 g/mol. The number of halogens is 2. The highest BCUT2D eigenvalue weighted by molar-refractivity contribution is 9.11. The SMILES string of the molecule is O=C1/C(=C/c2cc(Br)cc(Br)c2O)S/C(=N\N=C\c2ccc(O)cc2)N1Cc1ccco1. The molecule has 162 valence electrons. The molecule has 4 rings (SSSR count). The molecule has 1 fully saturated rings. The zero-order chi connectivity index (χ0) is 22.7. The van der Waals surface area contributed by atoms with Gasteiger partial charge >= 0.3 is 0 Å². The first-order valence-electron chi connectivity index (χ1n) is 9.22. The summed E-state index contributed by atoms with van der Waals surface area (Å²) in [4.78, 5) is 15.0. The number of amides is 1. The fourth-order valence-corrected chi connectivity index (χ4v) is 5.01. The highest BCUT2D eigenvalue weighted by Crippen LogP contribution is 2.38. The molecule has 3 aromatic rings. The number of hydrogen-bond donors (Lipinski definition) is 2. The van der Waals surface area contributed by atoms with Crippen LogP contribution in [0.1, 0.15) is 16.9 Å². The molecule has 32 heavy (non-hydrogen) atoms. The summed E-state index contributed by atoms with van der Waals surface area (Å²) < 4.78 is 6.65. The Labute approximate surface area is 204 Å². The van der Waals surface area contributed by atoms with Gasteiger partial charge in [-0.2, -0.15) is 5.10 Å². The van der Waals surface area contributed by atoms with Gasteiger partial charge in [-0.3, -0.25) is 9.69 Å². The Morgan fingerprint density at radius 1 is 1.12 bits per heavy atom. The number of nitrogens with zero attached hydrogens (tertiary/aromatic N) is 3. The van der Waals surface area contributed by atoms with Gasteiger partial charge in [0.1, 0.15) is 17.3 Å². The number of carbonyl (C=O) groups excluding carboxylic acids is 1. The summed E-state index contributed by atoms with van der Waals surface area (Å²) in [6.07, 6.45) is 4.68. The molecule has 1 aliphatic heterocycles. The van der Waals surface area contributed by atoms with Crippen LogP contribution in [0.25, 0.3) is 6.08 Å². The molecule has 2 heterocycles. The van der Waals surface area contributed by atoms with Crippen molar-refractivity contribution < 1.29 is 19.4 Å². The number of aromatic hydroxyl groups is 2. The first kappa shape index (κ1) is 22.4. The molecule has 0 unspecified atom stereocenters. The summed E-state index contributed by atoms with van der Waals surface area (Å²) >= 11 is 7.85. The molecule has 1 saturated heterocycles. The lowest BCUT2D eigenvalue weighted by atomic mass is 10.2. The van der Waals surface area contributed by atoms with Crippen molar-refractivity contribution in [3.8, 4) is 11.5 Å². The van der Waals surface area contributed by atoms with Crippen LogP contribution >= 0.6 is 43.6 Å². The van der Waals surface area contributed by atoms with Crippen molar-refractivity contribution in [3.63, 3.8) is 0 Å². The summed E-state index contributed by atoms with van der Waals surface area (Å²) in [5.74, 6) is 0.513. The molecular formula is C22H15Br2N3O4S. The second-order valence-electron chi connectivity index (χ2n) is 6.63. The molecule has 0 radical (unpaired) electrons. The van der Waals surface area contributed by atoms with Crippen LogP contribution in [0, 0.1) is 0 Å². The molecule has 1 amide bonds. The Hall–Kier alpha value is -2.82. The van der Waals surface area contributed by atoms with Crippen LogP contribution in [0.4, 0.5) is 0 Å². The minimum atomic E-state index is -0.277. The third-order valence-corrected chi connectivity index (χ3v) is 6.43. The minimum absolute atomic E-state index is 0.0300. The van der Waals surface area contributed by atoms with E-state index in [1.54, 1.807) is 54.6 Å². The van der Waals surface area contributed by atoms with Gasteiger partial charge in [0.05, 0.1) is 28.4 Å². The number of furan rings is 1. The van der Waals surface area contributed by atoms with Crippen molar-refractivity contribution in [1.29, 1.82) is 0 Å². The molecule has 10 heteroatoms. The van der Waals surface area contributed by atoms with Gasteiger partial charge in [-0.15, -0.1) is 5.10 Å². The number of phenolic OH excluding ortho intramolecular Hbond substituents is 2. The Morgan fingerprint density at radius 2 is 1.91 bits per heavy atom. The predicted molar refractivity (Wildman–Crippen MR) is 131 cm³/mol. The summed E-state index contributed by atoms with van der Waals surface area (Å²) in [6, 6.07) is 13.5. The van der Waals surface area contributed by atoms with Crippen LogP contribution in [0.3, 0.4) is 0 Å². The number of amidine groups is 1. The monoisotopic (exact) mass is 575 g/mol. The lowest BCUT2D eigenvalue weighted by Gasteiger charge is -2.12. The smallest absolute Gasteiger partial charge is 0.267 e. The standard InChI is InChI=1S/C22H15Br2N3O4S/c23-15-8-14(20(29)18(24)10-15)9-19-21(30)27(12-17-2-1-7-31-17)22(32-19)26-25-11-13-3-5-16(28)6-4-13/h1-11,28-29H,12H2/b19-9-,25-11+,26-22-. The van der Waals surface area contributed by atoms with E-state index in [9.17, 15) is 15.0 Å². The summed E-state index contributed by atoms with van der Waals surface area (Å²) in [5, 5.41) is 28.5. The van der Waals surface area contributed by atoms with E-state index < -0.39 is 0 Å². The van der Waals surface area contributed by atoms with Crippen molar-refractivity contribution >= 4 is 67.0 Å². The van der Waals surface area contributed by atoms with Gasteiger partial charge in [0.2, 0.25) is 0 Å². The minimum Gasteiger partial charge on any atom is -0.508 e. The van der Waals surface area contributed by atoms with Crippen molar-refractivity contribution in [2.24, 2.45) is 10.2 Å². The van der Waals surface area contributed by atoms with E-state index in [0.29, 0.717) is 25.9 Å². The van der Waals surface area contributed by atoms with Crippen molar-refractivity contribution in [1.82, 2.24) is 4.90 Å². The molecule has 2 aromatic carbocycles. The van der Waals surface area contributed by atoms with Crippen LogP contribution in [-0.2, 0) is 11.3 Å². The number of carbonyl (C=O) groups is 1. The second kappa shape index (κ2) is 9.76. The fraction of sp³-hybridized carbons (Fsp3) is 0.0455. The molecule has 2 N–H and O–H groups in total. The highest BCUT2D eigenvalue weighted by Gasteiger charge is 2.34. The van der Waals surface area contributed by atoms with Crippen molar-refractivity contribution in [3.05, 3.63) is 85.5 Å². The Bertz CT molecular complexity index is 1240. The molecule has 7 nitrogen and oxygen atoms in total. The number of rotatable bonds is 5. The summed E-state index contributed by atoms with van der Waals surface area (Å²) in [6.45, 7) is 0.192. The molecule has 0 spiro atoms. The summed E-state index contributed by atoms with van der Waals surface area (Å²) in [5.41, 5.74) is 1.23. The lowest BCUT2D eigenvalue weighted by molar-refractivity contribution is -0.122. The Balaban J connectivity index is 1.66. The van der Waals surface area contributed by atoms with Gasteiger partial charge in [0, 0.05) is 10.0 Å². The maximum Gasteiger partial charge on any atom is 0.267 e. The molecule has 1 aliphatic rings. The molecular weight excluding hydrogens is 562 g/mol. The van der Waals surface area contributed by atoms with Gasteiger partial charge in [-0.05, 0) is 87.9 Å². The molecule has 1 aromatic heterocycles. The van der Waals surface area contributed by atoms with Crippen LogP contribution in [0.2, 0.25) is 0 Å². The molecule has 0 bridgehead atoms. The lowest BCUT2D eigenvalue weighted by Crippen LogP contribution is -2.28. The average Bonchev–Trinajstić information content (AvgIpc) is 3.37. The second-order valence-corrected chi connectivity index (χ2v) is 9.40. The highest BCUT2D eigenvalue weighted by atomic mass is 79.9. The van der Waals surface area contributed by atoms with Gasteiger partial charge in [0.15, 0.2) is 5.17 Å². The Kier molecular flexibility index (Phi) is 6.83. The predicted octanol–water partition coefficient (Wildman–Crippen LogP) is 5.72. The van der Waals surface area contributed by atoms with Gasteiger partial charge in [-0.1, -0.05) is 15.9 Å². The quantitative estimate of drug-likeness (QED) is 0.230. The number of phenols is 2. The van der Waals surface area contributed by atoms with Gasteiger partial charge < -0.3 is 14.6 Å². The van der Waals surface area contributed by atoms with Crippen molar-refractivity contribution in [2.45, 2.75) is 6.54 Å². The van der Waals surface area contributed by atoms with Crippen LogP contribution in [0.15, 0.2) is 83.3 Å². The molecule has 0 saturated carbocycles. The van der Waals surface area contributed by atoms with Crippen molar-refractivity contribution in [2.75, 3.05) is 0 Å². The first-order valence-corrected chi connectivity index (χ1v) is 11.6. The van der Waals surface area contributed by atoms with E-state index in [0.717, 1.165) is 21.8 Å². The zero-order valence-corrected chi connectivity index (χ0v) is 20.3. The maximum absolute atomic E-state index is 13.1. The van der Waals surface area contributed by atoms with Crippen LogP contribution in [-0.4, -0.2) is 32.4 Å². The largest absolute Gasteiger partial charge is 0.508 e. The first-order chi connectivity index (χ1) is 15.4. The van der Waals surface area contributed by atoms with Gasteiger partial charge in [-0.25, -0.2) is 0 Å². The zero-order valence-electron chi connectivity index (χ0n) is 16.3. The van der Waals surface area contributed by atoms with Gasteiger partial charge in [0.25, 0.3) is 5.91 Å². The topological polar surface area (TPSA) is 98.6 Å². The number of thioether (sulfide) groups is 1. The summed E-state index contributed by atoms with van der Waals surface area (Å²) in [7, 11) is 0. The Morgan fingerprint density at radius 3 is 2.62 bits per heavy atom.